The predicted molar refractivity (Wildman–Crippen MR) is 85.6 cm³/mol. The van der Waals surface area contributed by atoms with E-state index in [1.165, 1.54) is 4.90 Å². The Labute approximate surface area is 133 Å². The monoisotopic (exact) mass is 356 g/mol. The van der Waals surface area contributed by atoms with E-state index in [0.717, 1.165) is 10.9 Å². The molecule has 2 unspecified atom stereocenters. The standard InChI is InChI=1S/C14H21BrN4O2/c1-4-9(2)13(16)14(21)19(3)8-12(20)18-11-6-5-10(15)7-17-11/h5-7,9,13H,4,8,16H2,1-3H3,(H,17,18,20). The van der Waals surface area contributed by atoms with Crippen molar-refractivity contribution >= 4 is 33.6 Å². The zero-order valence-corrected chi connectivity index (χ0v) is 14.1. The maximum Gasteiger partial charge on any atom is 0.245 e. The van der Waals surface area contributed by atoms with Crippen LogP contribution in [0.4, 0.5) is 5.82 Å². The Hall–Kier alpha value is -1.47. The molecule has 21 heavy (non-hydrogen) atoms. The highest BCUT2D eigenvalue weighted by atomic mass is 79.9. The molecule has 0 radical (unpaired) electrons. The van der Waals surface area contributed by atoms with Gasteiger partial charge in [0.05, 0.1) is 12.6 Å². The normalized spacial score (nSPS) is 13.4. The molecule has 0 saturated carbocycles. The Morgan fingerprint density at radius 2 is 2.14 bits per heavy atom. The number of amides is 2. The molecular weight excluding hydrogens is 336 g/mol. The van der Waals surface area contributed by atoms with Crippen molar-refractivity contribution in [2.24, 2.45) is 11.7 Å². The molecule has 0 aliphatic rings. The molecule has 1 heterocycles. The number of nitrogens with one attached hydrogen (secondary N) is 1. The lowest BCUT2D eigenvalue weighted by Gasteiger charge is -2.24. The number of nitrogens with zero attached hydrogens (tertiary/aromatic N) is 2. The molecule has 2 atom stereocenters. The largest absolute Gasteiger partial charge is 0.335 e. The molecule has 0 aliphatic carbocycles. The maximum absolute atomic E-state index is 12.1. The first-order chi connectivity index (χ1) is 9.85. The van der Waals surface area contributed by atoms with Crippen molar-refractivity contribution < 1.29 is 9.59 Å². The number of anilines is 1. The van der Waals surface area contributed by atoms with Crippen LogP contribution in [0.3, 0.4) is 0 Å². The topological polar surface area (TPSA) is 88.3 Å². The summed E-state index contributed by atoms with van der Waals surface area (Å²) in [7, 11) is 1.57. The van der Waals surface area contributed by atoms with Crippen LogP contribution in [-0.2, 0) is 9.59 Å². The third kappa shape index (κ3) is 5.43. The minimum Gasteiger partial charge on any atom is -0.335 e. The zero-order chi connectivity index (χ0) is 16.0. The van der Waals surface area contributed by atoms with Crippen LogP contribution in [0.15, 0.2) is 22.8 Å². The van der Waals surface area contributed by atoms with Crippen molar-refractivity contribution in [3.63, 3.8) is 0 Å². The lowest BCUT2D eigenvalue weighted by molar-refractivity contribution is -0.135. The number of rotatable bonds is 6. The number of carbonyl (C=O) groups is 2. The Kier molecular flexibility index (Phi) is 6.77. The van der Waals surface area contributed by atoms with Gasteiger partial charge < -0.3 is 16.0 Å². The molecule has 0 spiro atoms. The number of aromatic nitrogens is 1. The fraction of sp³-hybridized carbons (Fsp3) is 0.500. The highest BCUT2D eigenvalue weighted by Gasteiger charge is 2.24. The quantitative estimate of drug-likeness (QED) is 0.810. The number of likely N-dealkylation sites (N-methyl/N-ethyl adjacent to an activating group) is 1. The molecule has 0 saturated heterocycles. The molecular formula is C14H21BrN4O2. The Bertz CT molecular complexity index is 492. The van der Waals surface area contributed by atoms with Gasteiger partial charge in [0.2, 0.25) is 11.8 Å². The van der Waals surface area contributed by atoms with Crippen LogP contribution in [0.2, 0.25) is 0 Å². The molecule has 3 N–H and O–H groups in total. The van der Waals surface area contributed by atoms with E-state index in [0.29, 0.717) is 5.82 Å². The molecule has 1 aromatic rings. The van der Waals surface area contributed by atoms with E-state index in [1.807, 2.05) is 13.8 Å². The highest BCUT2D eigenvalue weighted by molar-refractivity contribution is 9.10. The van der Waals surface area contributed by atoms with Gasteiger partial charge in [0.25, 0.3) is 0 Å². The number of hydrogen-bond acceptors (Lipinski definition) is 4. The minimum atomic E-state index is -0.585. The highest BCUT2D eigenvalue weighted by Crippen LogP contribution is 2.11. The van der Waals surface area contributed by atoms with Gasteiger partial charge in [0.1, 0.15) is 5.82 Å². The summed E-state index contributed by atoms with van der Waals surface area (Å²) < 4.78 is 0.826. The van der Waals surface area contributed by atoms with Gasteiger partial charge in [-0.05, 0) is 34.0 Å². The SMILES string of the molecule is CCC(C)C(N)C(=O)N(C)CC(=O)Nc1ccc(Br)cn1. The first kappa shape index (κ1) is 17.6. The van der Waals surface area contributed by atoms with E-state index >= 15 is 0 Å². The summed E-state index contributed by atoms with van der Waals surface area (Å²) in [4.78, 5) is 29.3. The predicted octanol–water partition coefficient (Wildman–Crippen LogP) is 1.61. The van der Waals surface area contributed by atoms with Gasteiger partial charge in [0, 0.05) is 17.7 Å². The lowest BCUT2D eigenvalue weighted by Crippen LogP contribution is -2.47. The van der Waals surface area contributed by atoms with E-state index in [1.54, 1.807) is 25.4 Å². The lowest BCUT2D eigenvalue weighted by atomic mass is 9.99. The van der Waals surface area contributed by atoms with Crippen LogP contribution in [-0.4, -0.2) is 41.3 Å². The molecule has 0 fully saturated rings. The van der Waals surface area contributed by atoms with Crippen molar-refractivity contribution in [2.45, 2.75) is 26.3 Å². The maximum atomic E-state index is 12.1. The average molecular weight is 357 g/mol. The van der Waals surface area contributed by atoms with Crippen molar-refractivity contribution in [1.29, 1.82) is 0 Å². The van der Waals surface area contributed by atoms with Gasteiger partial charge in [-0.2, -0.15) is 0 Å². The average Bonchev–Trinajstić information content (AvgIpc) is 2.47. The molecule has 0 bridgehead atoms. The van der Waals surface area contributed by atoms with Crippen LogP contribution in [0.1, 0.15) is 20.3 Å². The van der Waals surface area contributed by atoms with Gasteiger partial charge in [-0.25, -0.2) is 4.98 Å². The fourth-order valence-corrected chi connectivity index (χ4v) is 1.91. The van der Waals surface area contributed by atoms with Crippen molar-refractivity contribution in [3.05, 3.63) is 22.8 Å². The second-order valence-corrected chi connectivity index (χ2v) is 5.93. The van der Waals surface area contributed by atoms with Crippen molar-refractivity contribution in [1.82, 2.24) is 9.88 Å². The number of pyridine rings is 1. The summed E-state index contributed by atoms with van der Waals surface area (Å²) in [6, 6.07) is 2.86. The van der Waals surface area contributed by atoms with Gasteiger partial charge in [-0.15, -0.1) is 0 Å². The van der Waals surface area contributed by atoms with E-state index in [4.69, 9.17) is 5.73 Å². The van der Waals surface area contributed by atoms with Gasteiger partial charge in [0.15, 0.2) is 0 Å². The van der Waals surface area contributed by atoms with E-state index in [-0.39, 0.29) is 24.3 Å². The summed E-state index contributed by atoms with van der Waals surface area (Å²) in [6.45, 7) is 3.84. The number of hydrogen-bond donors (Lipinski definition) is 2. The molecule has 6 nitrogen and oxygen atoms in total. The van der Waals surface area contributed by atoms with E-state index in [2.05, 4.69) is 26.2 Å². The molecule has 2 amide bonds. The summed E-state index contributed by atoms with van der Waals surface area (Å²) in [5, 5.41) is 2.63. The van der Waals surface area contributed by atoms with Crippen LogP contribution in [0, 0.1) is 5.92 Å². The van der Waals surface area contributed by atoms with Crippen molar-refractivity contribution in [2.75, 3.05) is 18.9 Å². The van der Waals surface area contributed by atoms with Crippen LogP contribution < -0.4 is 11.1 Å². The van der Waals surface area contributed by atoms with Gasteiger partial charge in [-0.1, -0.05) is 20.3 Å². The van der Waals surface area contributed by atoms with Gasteiger partial charge >= 0.3 is 0 Å². The number of nitrogens with two attached hydrogens (primary N) is 1. The zero-order valence-electron chi connectivity index (χ0n) is 12.5. The summed E-state index contributed by atoms with van der Waals surface area (Å²) in [5.74, 6) is -0.0216. The molecule has 0 aliphatic heterocycles. The fourth-order valence-electron chi connectivity index (χ4n) is 1.68. The third-order valence-electron chi connectivity index (χ3n) is 3.29. The second-order valence-electron chi connectivity index (χ2n) is 5.02. The van der Waals surface area contributed by atoms with Crippen LogP contribution in [0.25, 0.3) is 0 Å². The van der Waals surface area contributed by atoms with Crippen LogP contribution >= 0.6 is 15.9 Å². The molecule has 0 aromatic carbocycles. The summed E-state index contributed by atoms with van der Waals surface area (Å²) in [6.07, 6.45) is 2.40. The van der Waals surface area contributed by atoms with Crippen molar-refractivity contribution in [3.8, 4) is 0 Å². The van der Waals surface area contributed by atoms with E-state index in [9.17, 15) is 9.59 Å². The Balaban J connectivity index is 2.53. The number of carbonyl (C=O) groups excluding carboxylic acids is 2. The molecule has 116 valence electrons. The van der Waals surface area contributed by atoms with Gasteiger partial charge in [-0.3, -0.25) is 9.59 Å². The smallest absolute Gasteiger partial charge is 0.245 e. The van der Waals surface area contributed by atoms with Crippen LogP contribution in [0.5, 0.6) is 0 Å². The minimum absolute atomic E-state index is 0.0548. The first-order valence-corrected chi connectivity index (χ1v) is 7.56. The Morgan fingerprint density at radius 3 is 2.67 bits per heavy atom. The molecule has 1 aromatic heterocycles. The van der Waals surface area contributed by atoms with E-state index < -0.39 is 6.04 Å². The molecule has 1 rings (SSSR count). The second kappa shape index (κ2) is 8.09. The summed E-state index contributed by atoms with van der Waals surface area (Å²) >= 11 is 3.27. The third-order valence-corrected chi connectivity index (χ3v) is 3.76. The first-order valence-electron chi connectivity index (χ1n) is 6.77. The summed E-state index contributed by atoms with van der Waals surface area (Å²) in [5.41, 5.74) is 5.88. The molecule has 7 heteroatoms. The Morgan fingerprint density at radius 1 is 1.48 bits per heavy atom. The number of halogens is 1.